The zero-order valence-electron chi connectivity index (χ0n) is 14.6. The van der Waals surface area contributed by atoms with Gasteiger partial charge in [-0.1, -0.05) is 42.5 Å². The molecule has 0 saturated carbocycles. The third kappa shape index (κ3) is 4.07. The van der Waals surface area contributed by atoms with Crippen LogP contribution in [0.15, 0.2) is 72.7 Å². The zero-order valence-corrected chi connectivity index (χ0v) is 15.4. The number of hydrogen-bond donors (Lipinski definition) is 0. The summed E-state index contributed by atoms with van der Waals surface area (Å²) in [4.78, 5) is 3.92. The number of aromatic nitrogens is 3. The van der Waals surface area contributed by atoms with Crippen LogP contribution in [0.1, 0.15) is 24.1 Å². The number of rotatable bonds is 6. The Hall–Kier alpha value is -2.77. The van der Waals surface area contributed by atoms with Gasteiger partial charge in [-0.2, -0.15) is 9.40 Å². The molecule has 2 aromatic carbocycles. The highest BCUT2D eigenvalue weighted by Crippen LogP contribution is 2.23. The molecule has 1 aromatic heterocycles. The van der Waals surface area contributed by atoms with Gasteiger partial charge >= 0.3 is 0 Å². The zero-order chi connectivity index (χ0) is 18.6. The summed E-state index contributed by atoms with van der Waals surface area (Å²) in [5.74, 6) is 0. The molecule has 134 valence electrons. The van der Waals surface area contributed by atoms with E-state index in [0.717, 1.165) is 16.8 Å². The summed E-state index contributed by atoms with van der Waals surface area (Å²) in [6.07, 6.45) is 4.69. The van der Waals surface area contributed by atoms with E-state index in [1.54, 1.807) is 24.1 Å². The predicted octanol–water partition coefficient (Wildman–Crippen LogP) is 3.26. The van der Waals surface area contributed by atoms with Crippen LogP contribution in [0, 0.1) is 0 Å². The second kappa shape index (κ2) is 7.63. The maximum absolute atomic E-state index is 12.6. The maximum atomic E-state index is 12.6. The molecule has 0 spiro atoms. The first kappa shape index (κ1) is 18.0. The third-order valence-electron chi connectivity index (χ3n) is 4.24. The molecule has 0 aliphatic rings. The highest BCUT2D eigenvalue weighted by molar-refractivity contribution is 7.92. The van der Waals surface area contributed by atoms with Crippen molar-refractivity contribution in [2.24, 2.45) is 0 Å². The molecule has 3 aromatic rings. The van der Waals surface area contributed by atoms with Crippen molar-refractivity contribution in [3.8, 4) is 5.69 Å². The largest absolute Gasteiger partial charge is 0.236 e. The minimum atomic E-state index is -3.53. The normalized spacial score (nSPS) is 13.3. The van der Waals surface area contributed by atoms with Crippen molar-refractivity contribution in [3.05, 3.63) is 83.8 Å². The van der Waals surface area contributed by atoms with E-state index in [0.29, 0.717) is 0 Å². The second-order valence-electron chi connectivity index (χ2n) is 5.88. The Labute approximate surface area is 153 Å². The van der Waals surface area contributed by atoms with E-state index >= 15 is 0 Å². The highest BCUT2D eigenvalue weighted by atomic mass is 32.2. The first-order chi connectivity index (χ1) is 12.5. The molecule has 1 atom stereocenters. The SMILES string of the molecule is C[C@@H](c1ccc(-n2cncn2)cc1)N(C)S(=O)(=O)/C=C/c1ccccc1. The van der Waals surface area contributed by atoms with Gasteiger partial charge in [-0.15, -0.1) is 0 Å². The maximum Gasteiger partial charge on any atom is 0.236 e. The van der Waals surface area contributed by atoms with E-state index in [1.165, 1.54) is 16.0 Å². The molecule has 0 aliphatic heterocycles. The van der Waals surface area contributed by atoms with Crippen molar-refractivity contribution in [1.29, 1.82) is 0 Å². The van der Waals surface area contributed by atoms with E-state index < -0.39 is 10.0 Å². The average Bonchev–Trinajstić information content (AvgIpc) is 3.21. The Kier molecular flexibility index (Phi) is 5.29. The first-order valence-corrected chi connectivity index (χ1v) is 9.64. The monoisotopic (exact) mass is 368 g/mol. The van der Waals surface area contributed by atoms with Gasteiger partial charge in [0, 0.05) is 18.5 Å². The molecule has 0 fully saturated rings. The van der Waals surface area contributed by atoms with Gasteiger partial charge in [0.25, 0.3) is 0 Å². The molecule has 26 heavy (non-hydrogen) atoms. The highest BCUT2D eigenvalue weighted by Gasteiger charge is 2.22. The lowest BCUT2D eigenvalue weighted by molar-refractivity contribution is 0.404. The lowest BCUT2D eigenvalue weighted by atomic mass is 10.1. The van der Waals surface area contributed by atoms with Crippen LogP contribution in [0.3, 0.4) is 0 Å². The number of benzene rings is 2. The first-order valence-electron chi connectivity index (χ1n) is 8.13. The minimum absolute atomic E-state index is 0.301. The van der Waals surface area contributed by atoms with E-state index in [-0.39, 0.29) is 6.04 Å². The van der Waals surface area contributed by atoms with Crippen LogP contribution < -0.4 is 0 Å². The molecule has 6 nitrogen and oxygen atoms in total. The van der Waals surface area contributed by atoms with E-state index in [1.807, 2.05) is 61.5 Å². The van der Waals surface area contributed by atoms with Gasteiger partial charge < -0.3 is 0 Å². The average molecular weight is 368 g/mol. The van der Waals surface area contributed by atoms with Crippen molar-refractivity contribution >= 4 is 16.1 Å². The van der Waals surface area contributed by atoms with Gasteiger partial charge in [0.2, 0.25) is 10.0 Å². The van der Waals surface area contributed by atoms with Crippen LogP contribution in [0.5, 0.6) is 0 Å². The van der Waals surface area contributed by atoms with Gasteiger partial charge in [0.05, 0.1) is 5.69 Å². The smallest absolute Gasteiger partial charge is 0.223 e. The lowest BCUT2D eigenvalue weighted by Crippen LogP contribution is -2.28. The molecular weight excluding hydrogens is 348 g/mol. The van der Waals surface area contributed by atoms with Crippen molar-refractivity contribution in [2.75, 3.05) is 7.05 Å². The molecule has 3 rings (SSSR count). The standard InChI is InChI=1S/C19H20N4O2S/c1-16(18-8-10-19(11-9-18)23-15-20-14-21-23)22(2)26(24,25)13-12-17-6-4-3-5-7-17/h3-16H,1-2H3/b13-12+/t16-/m0/s1. The molecule has 1 heterocycles. The van der Waals surface area contributed by atoms with Crippen molar-refractivity contribution in [3.63, 3.8) is 0 Å². The van der Waals surface area contributed by atoms with Crippen molar-refractivity contribution < 1.29 is 8.42 Å². The second-order valence-corrected chi connectivity index (χ2v) is 7.76. The van der Waals surface area contributed by atoms with Crippen LogP contribution >= 0.6 is 0 Å². The van der Waals surface area contributed by atoms with Gasteiger partial charge in [0.15, 0.2) is 0 Å². The van der Waals surface area contributed by atoms with Gasteiger partial charge in [0.1, 0.15) is 12.7 Å². The summed E-state index contributed by atoms with van der Waals surface area (Å²) in [7, 11) is -1.95. The Bertz CT molecular complexity index is 966. The summed E-state index contributed by atoms with van der Waals surface area (Å²) in [5.41, 5.74) is 2.61. The Morgan fingerprint density at radius 1 is 1.08 bits per heavy atom. The topological polar surface area (TPSA) is 68.1 Å². The minimum Gasteiger partial charge on any atom is -0.223 e. The van der Waals surface area contributed by atoms with Crippen LogP contribution in [0.25, 0.3) is 11.8 Å². The summed E-state index contributed by atoms with van der Waals surface area (Å²) >= 11 is 0. The fourth-order valence-corrected chi connectivity index (χ4v) is 3.59. The van der Waals surface area contributed by atoms with Gasteiger partial charge in [-0.25, -0.2) is 18.1 Å². The molecule has 0 saturated heterocycles. The van der Waals surface area contributed by atoms with E-state index in [4.69, 9.17) is 0 Å². The molecule has 0 unspecified atom stereocenters. The molecule has 0 bridgehead atoms. The molecule has 0 aliphatic carbocycles. The third-order valence-corrected chi connectivity index (χ3v) is 5.84. The summed E-state index contributed by atoms with van der Waals surface area (Å²) in [5, 5.41) is 5.32. The fraction of sp³-hybridized carbons (Fsp3) is 0.158. The number of sulfonamides is 1. The number of nitrogens with zero attached hydrogens (tertiary/aromatic N) is 4. The summed E-state index contributed by atoms with van der Waals surface area (Å²) < 4.78 is 28.2. The Morgan fingerprint density at radius 3 is 2.38 bits per heavy atom. The van der Waals surface area contributed by atoms with Gasteiger partial charge in [-0.3, -0.25) is 0 Å². The molecule has 0 radical (unpaired) electrons. The summed E-state index contributed by atoms with van der Waals surface area (Å²) in [6.45, 7) is 1.86. The summed E-state index contributed by atoms with van der Waals surface area (Å²) in [6, 6.07) is 16.6. The van der Waals surface area contributed by atoms with Crippen molar-refractivity contribution in [1.82, 2.24) is 19.1 Å². The number of hydrogen-bond acceptors (Lipinski definition) is 4. The Morgan fingerprint density at radius 2 is 1.77 bits per heavy atom. The molecule has 0 amide bonds. The predicted molar refractivity (Wildman–Crippen MR) is 102 cm³/mol. The van der Waals surface area contributed by atoms with Crippen LogP contribution in [0.4, 0.5) is 0 Å². The van der Waals surface area contributed by atoms with Crippen LogP contribution in [0.2, 0.25) is 0 Å². The lowest BCUT2D eigenvalue weighted by Gasteiger charge is -2.23. The van der Waals surface area contributed by atoms with Crippen LogP contribution in [-0.2, 0) is 10.0 Å². The van der Waals surface area contributed by atoms with Crippen molar-refractivity contribution in [2.45, 2.75) is 13.0 Å². The van der Waals surface area contributed by atoms with Crippen LogP contribution in [-0.4, -0.2) is 34.5 Å². The molecular formula is C19H20N4O2S. The fourth-order valence-electron chi connectivity index (χ4n) is 2.50. The van der Waals surface area contributed by atoms with E-state index in [2.05, 4.69) is 10.1 Å². The molecule has 7 heteroatoms. The van der Waals surface area contributed by atoms with E-state index in [9.17, 15) is 8.42 Å². The quantitative estimate of drug-likeness (QED) is 0.670. The van der Waals surface area contributed by atoms with Gasteiger partial charge in [-0.05, 0) is 36.3 Å². The Balaban J connectivity index is 1.76. The molecule has 0 N–H and O–H groups in total.